The highest BCUT2D eigenvalue weighted by Gasteiger charge is 2.23. The molecule has 2 aliphatic carbocycles. The zero-order chi connectivity index (χ0) is 13.1. The summed E-state index contributed by atoms with van der Waals surface area (Å²) in [6.45, 7) is 0.936. The van der Waals surface area contributed by atoms with Gasteiger partial charge in [-0.2, -0.15) is 0 Å². The molecule has 0 unspecified atom stereocenters. The summed E-state index contributed by atoms with van der Waals surface area (Å²) in [5.74, 6) is 1.08. The van der Waals surface area contributed by atoms with Crippen LogP contribution in [0.3, 0.4) is 0 Å². The van der Waals surface area contributed by atoms with Crippen molar-refractivity contribution in [2.24, 2.45) is 0 Å². The first kappa shape index (κ1) is 12.9. The Morgan fingerprint density at radius 2 is 1.95 bits per heavy atom. The van der Waals surface area contributed by atoms with E-state index in [1.165, 1.54) is 56.2 Å². The largest absolute Gasteiger partial charge is 0.395 e. The van der Waals surface area contributed by atoms with E-state index < -0.39 is 0 Å². The standard InChI is InChI=1S/C16H24N2O/c19-12-11-18(14-6-2-1-3-7-14)16-10-9-13-5-4-8-15(13)17-16/h9-10,14,19H,1-8,11-12H2. The summed E-state index contributed by atoms with van der Waals surface area (Å²) in [4.78, 5) is 7.21. The molecule has 0 saturated heterocycles. The summed E-state index contributed by atoms with van der Waals surface area (Å²) in [6, 6.07) is 4.99. The highest BCUT2D eigenvalue weighted by atomic mass is 16.3. The SMILES string of the molecule is OCCN(c1ccc2c(n1)CCC2)C1CCCCC1. The lowest BCUT2D eigenvalue weighted by Gasteiger charge is -2.35. The number of hydrogen-bond donors (Lipinski definition) is 1. The Morgan fingerprint density at radius 1 is 1.11 bits per heavy atom. The molecule has 1 saturated carbocycles. The Kier molecular flexibility index (Phi) is 4.02. The average Bonchev–Trinajstić information content (AvgIpc) is 2.93. The predicted molar refractivity (Wildman–Crippen MR) is 77.6 cm³/mol. The molecule has 1 heterocycles. The third kappa shape index (κ3) is 2.76. The maximum atomic E-state index is 9.35. The molecule has 0 aromatic carbocycles. The van der Waals surface area contributed by atoms with E-state index in [1.807, 2.05) is 0 Å². The topological polar surface area (TPSA) is 36.4 Å². The van der Waals surface area contributed by atoms with Crippen LogP contribution in [0, 0.1) is 0 Å². The van der Waals surface area contributed by atoms with Crippen molar-refractivity contribution in [1.29, 1.82) is 0 Å². The van der Waals surface area contributed by atoms with Gasteiger partial charge in [0.1, 0.15) is 5.82 Å². The van der Waals surface area contributed by atoms with Gasteiger partial charge in [0.05, 0.1) is 6.61 Å². The molecule has 3 rings (SSSR count). The van der Waals surface area contributed by atoms with Crippen molar-refractivity contribution in [3.63, 3.8) is 0 Å². The molecule has 0 radical (unpaired) electrons. The lowest BCUT2D eigenvalue weighted by molar-refractivity contribution is 0.289. The lowest BCUT2D eigenvalue weighted by atomic mass is 9.94. The number of aliphatic hydroxyl groups is 1. The fourth-order valence-corrected chi connectivity index (χ4v) is 3.55. The first-order valence-corrected chi connectivity index (χ1v) is 7.75. The second-order valence-corrected chi connectivity index (χ2v) is 5.84. The lowest BCUT2D eigenvalue weighted by Crippen LogP contribution is -2.39. The first-order chi connectivity index (χ1) is 9.38. The molecule has 1 aromatic rings. The van der Waals surface area contributed by atoms with Crippen molar-refractivity contribution in [3.05, 3.63) is 23.4 Å². The molecule has 3 nitrogen and oxygen atoms in total. The summed E-state index contributed by atoms with van der Waals surface area (Å²) >= 11 is 0. The van der Waals surface area contributed by atoms with Gasteiger partial charge in [-0.25, -0.2) is 4.98 Å². The second-order valence-electron chi connectivity index (χ2n) is 5.84. The minimum absolute atomic E-state index is 0.218. The van der Waals surface area contributed by atoms with Gasteiger partial charge in [0.2, 0.25) is 0 Å². The molecule has 3 heteroatoms. The monoisotopic (exact) mass is 260 g/mol. The third-order valence-corrected chi connectivity index (χ3v) is 4.56. The van der Waals surface area contributed by atoms with Crippen LogP contribution in [0.25, 0.3) is 0 Å². The Labute approximate surface area is 115 Å². The summed E-state index contributed by atoms with van der Waals surface area (Å²) < 4.78 is 0. The van der Waals surface area contributed by atoms with Gasteiger partial charge < -0.3 is 10.0 Å². The number of nitrogens with zero attached hydrogens (tertiary/aromatic N) is 2. The van der Waals surface area contributed by atoms with Crippen LogP contribution in [0.2, 0.25) is 0 Å². The zero-order valence-electron chi connectivity index (χ0n) is 11.6. The fourth-order valence-electron chi connectivity index (χ4n) is 3.55. The summed E-state index contributed by atoms with van der Waals surface area (Å²) in [6.07, 6.45) is 10.1. The number of aliphatic hydroxyl groups excluding tert-OH is 1. The first-order valence-electron chi connectivity index (χ1n) is 7.75. The van der Waals surface area contributed by atoms with Crippen LogP contribution in [-0.2, 0) is 12.8 Å². The summed E-state index contributed by atoms with van der Waals surface area (Å²) in [5.41, 5.74) is 2.72. The van der Waals surface area contributed by atoms with Crippen molar-refractivity contribution in [2.45, 2.75) is 57.4 Å². The van der Waals surface area contributed by atoms with Crippen molar-refractivity contribution < 1.29 is 5.11 Å². The van der Waals surface area contributed by atoms with Crippen LogP contribution in [0.15, 0.2) is 12.1 Å². The Bertz CT molecular complexity index is 427. The van der Waals surface area contributed by atoms with Crippen molar-refractivity contribution in [2.75, 3.05) is 18.1 Å². The minimum Gasteiger partial charge on any atom is -0.395 e. The van der Waals surface area contributed by atoms with E-state index in [0.29, 0.717) is 6.04 Å². The van der Waals surface area contributed by atoms with E-state index in [9.17, 15) is 5.11 Å². The molecule has 1 N–H and O–H groups in total. The van der Waals surface area contributed by atoms with Crippen molar-refractivity contribution in [1.82, 2.24) is 4.98 Å². The molecule has 19 heavy (non-hydrogen) atoms. The van der Waals surface area contributed by atoms with E-state index in [1.54, 1.807) is 0 Å². The Balaban J connectivity index is 1.82. The van der Waals surface area contributed by atoms with Crippen LogP contribution in [0.1, 0.15) is 49.8 Å². The Morgan fingerprint density at radius 3 is 2.74 bits per heavy atom. The van der Waals surface area contributed by atoms with Crippen LogP contribution < -0.4 is 4.90 Å². The van der Waals surface area contributed by atoms with Crippen molar-refractivity contribution in [3.8, 4) is 0 Å². The molecule has 0 spiro atoms. The molecule has 1 fully saturated rings. The molecule has 2 aliphatic rings. The molecule has 0 atom stereocenters. The van der Waals surface area contributed by atoms with Gasteiger partial charge in [-0.05, 0) is 43.7 Å². The summed E-state index contributed by atoms with van der Waals surface area (Å²) in [5, 5.41) is 9.35. The second kappa shape index (κ2) is 5.91. The number of aromatic nitrogens is 1. The summed E-state index contributed by atoms with van der Waals surface area (Å²) in [7, 11) is 0. The van der Waals surface area contributed by atoms with Gasteiger partial charge in [-0.15, -0.1) is 0 Å². The average molecular weight is 260 g/mol. The van der Waals surface area contributed by atoms with Crippen LogP contribution in [0.5, 0.6) is 0 Å². The number of anilines is 1. The number of hydrogen-bond acceptors (Lipinski definition) is 3. The fraction of sp³-hybridized carbons (Fsp3) is 0.688. The molecule has 0 aliphatic heterocycles. The van der Waals surface area contributed by atoms with Crippen LogP contribution in [-0.4, -0.2) is 29.3 Å². The molecular formula is C16H24N2O. The van der Waals surface area contributed by atoms with Crippen LogP contribution in [0.4, 0.5) is 5.82 Å². The normalized spacial score (nSPS) is 19.4. The van der Waals surface area contributed by atoms with Gasteiger partial charge >= 0.3 is 0 Å². The minimum atomic E-state index is 0.218. The van der Waals surface area contributed by atoms with Gasteiger partial charge in [0.15, 0.2) is 0 Å². The molecule has 104 valence electrons. The number of aryl methyl sites for hydroxylation is 2. The Hall–Kier alpha value is -1.09. The van der Waals surface area contributed by atoms with E-state index in [-0.39, 0.29) is 6.61 Å². The molecule has 0 amide bonds. The maximum Gasteiger partial charge on any atom is 0.129 e. The third-order valence-electron chi connectivity index (χ3n) is 4.56. The molecule has 0 bridgehead atoms. The highest BCUT2D eigenvalue weighted by molar-refractivity contribution is 5.44. The highest BCUT2D eigenvalue weighted by Crippen LogP contribution is 2.28. The van der Waals surface area contributed by atoms with E-state index in [4.69, 9.17) is 4.98 Å². The maximum absolute atomic E-state index is 9.35. The zero-order valence-corrected chi connectivity index (χ0v) is 11.6. The van der Waals surface area contributed by atoms with E-state index >= 15 is 0 Å². The number of pyridine rings is 1. The smallest absolute Gasteiger partial charge is 0.129 e. The number of rotatable bonds is 4. The van der Waals surface area contributed by atoms with Gasteiger partial charge in [0, 0.05) is 18.3 Å². The molecular weight excluding hydrogens is 236 g/mol. The van der Waals surface area contributed by atoms with Crippen LogP contribution >= 0.6 is 0 Å². The van der Waals surface area contributed by atoms with Gasteiger partial charge in [-0.1, -0.05) is 25.3 Å². The quantitative estimate of drug-likeness (QED) is 0.904. The van der Waals surface area contributed by atoms with Gasteiger partial charge in [0.25, 0.3) is 0 Å². The predicted octanol–water partition coefficient (Wildman–Crippen LogP) is 2.70. The van der Waals surface area contributed by atoms with Crippen molar-refractivity contribution >= 4 is 5.82 Å². The molecule has 1 aromatic heterocycles. The van der Waals surface area contributed by atoms with Gasteiger partial charge in [-0.3, -0.25) is 0 Å². The van der Waals surface area contributed by atoms with E-state index in [2.05, 4.69) is 17.0 Å². The number of fused-ring (bicyclic) bond motifs is 1. The van der Waals surface area contributed by atoms with E-state index in [0.717, 1.165) is 18.8 Å².